The predicted molar refractivity (Wildman–Crippen MR) is 88.7 cm³/mol. The SMILES string of the molecule is CC(=O)NC(CC(=O)N1CCC(N)CC1)c1ccccc1.Cl. The Labute approximate surface area is 137 Å². The quantitative estimate of drug-likeness (QED) is 0.883. The number of carbonyl (C=O) groups is 2. The second-order valence-electron chi connectivity index (χ2n) is 5.59. The van der Waals surface area contributed by atoms with Crippen LogP contribution in [-0.2, 0) is 9.59 Å². The Morgan fingerprint density at radius 1 is 1.27 bits per heavy atom. The lowest BCUT2D eigenvalue weighted by Crippen LogP contribution is -2.44. The van der Waals surface area contributed by atoms with E-state index >= 15 is 0 Å². The second kappa shape index (κ2) is 8.76. The van der Waals surface area contributed by atoms with Gasteiger partial charge in [0.1, 0.15) is 0 Å². The fraction of sp³-hybridized carbons (Fsp3) is 0.500. The Hall–Kier alpha value is -1.59. The molecule has 3 N–H and O–H groups in total. The van der Waals surface area contributed by atoms with Crippen LogP contribution in [-0.4, -0.2) is 35.8 Å². The van der Waals surface area contributed by atoms with Gasteiger partial charge >= 0.3 is 0 Å². The van der Waals surface area contributed by atoms with Crippen molar-refractivity contribution in [2.24, 2.45) is 5.73 Å². The minimum Gasteiger partial charge on any atom is -0.349 e. The second-order valence-corrected chi connectivity index (χ2v) is 5.59. The molecule has 1 saturated heterocycles. The van der Waals surface area contributed by atoms with Crippen molar-refractivity contribution in [2.45, 2.75) is 38.3 Å². The highest BCUT2D eigenvalue weighted by atomic mass is 35.5. The van der Waals surface area contributed by atoms with E-state index in [9.17, 15) is 9.59 Å². The van der Waals surface area contributed by atoms with Crippen LogP contribution >= 0.6 is 12.4 Å². The lowest BCUT2D eigenvalue weighted by molar-refractivity contribution is -0.133. The van der Waals surface area contributed by atoms with Crippen LogP contribution in [0, 0.1) is 0 Å². The number of piperidine rings is 1. The summed E-state index contributed by atoms with van der Waals surface area (Å²) in [6.45, 7) is 2.89. The van der Waals surface area contributed by atoms with E-state index in [4.69, 9.17) is 5.73 Å². The van der Waals surface area contributed by atoms with Crippen LogP contribution in [0.1, 0.15) is 37.8 Å². The molecule has 0 spiro atoms. The standard InChI is InChI=1S/C16H23N3O2.ClH/c1-12(20)18-15(13-5-3-2-4-6-13)11-16(21)19-9-7-14(17)8-10-19;/h2-6,14-15H,7-11,17H2,1H3,(H,18,20);1H. The van der Waals surface area contributed by atoms with Crippen molar-refractivity contribution in [3.05, 3.63) is 35.9 Å². The molecule has 1 unspecified atom stereocenters. The molecule has 0 saturated carbocycles. The Morgan fingerprint density at radius 2 is 1.86 bits per heavy atom. The lowest BCUT2D eigenvalue weighted by Gasteiger charge is -2.31. The number of carbonyl (C=O) groups excluding carboxylic acids is 2. The third-order valence-electron chi connectivity index (χ3n) is 3.85. The van der Waals surface area contributed by atoms with E-state index in [2.05, 4.69) is 5.32 Å². The molecule has 0 aromatic heterocycles. The normalized spacial score (nSPS) is 16.5. The molecule has 1 aromatic rings. The largest absolute Gasteiger partial charge is 0.349 e. The number of hydrogen-bond acceptors (Lipinski definition) is 3. The molecule has 1 heterocycles. The summed E-state index contributed by atoms with van der Waals surface area (Å²) in [7, 11) is 0. The van der Waals surface area contributed by atoms with Crippen LogP contribution < -0.4 is 11.1 Å². The average Bonchev–Trinajstić information content (AvgIpc) is 2.47. The van der Waals surface area contributed by atoms with Gasteiger partial charge < -0.3 is 16.0 Å². The third-order valence-corrected chi connectivity index (χ3v) is 3.85. The molecule has 0 aliphatic carbocycles. The van der Waals surface area contributed by atoms with Crippen molar-refractivity contribution < 1.29 is 9.59 Å². The van der Waals surface area contributed by atoms with Crippen molar-refractivity contribution in [3.8, 4) is 0 Å². The molecule has 22 heavy (non-hydrogen) atoms. The number of hydrogen-bond donors (Lipinski definition) is 2. The van der Waals surface area contributed by atoms with E-state index < -0.39 is 0 Å². The number of nitrogens with two attached hydrogens (primary N) is 1. The van der Waals surface area contributed by atoms with Gasteiger partial charge in [0.05, 0.1) is 12.5 Å². The van der Waals surface area contributed by atoms with Gasteiger partial charge in [-0.05, 0) is 18.4 Å². The summed E-state index contributed by atoms with van der Waals surface area (Å²) in [5.74, 6) is -0.0539. The molecule has 122 valence electrons. The molecular formula is C16H24ClN3O2. The summed E-state index contributed by atoms with van der Waals surface area (Å²) in [5.41, 5.74) is 6.81. The summed E-state index contributed by atoms with van der Waals surface area (Å²) in [4.78, 5) is 25.6. The highest BCUT2D eigenvalue weighted by molar-refractivity contribution is 5.85. The van der Waals surface area contributed by atoms with E-state index in [1.165, 1.54) is 6.92 Å². The van der Waals surface area contributed by atoms with Crippen molar-refractivity contribution in [1.82, 2.24) is 10.2 Å². The van der Waals surface area contributed by atoms with Gasteiger partial charge in [0.2, 0.25) is 11.8 Å². The third kappa shape index (κ3) is 5.31. The van der Waals surface area contributed by atoms with Crippen molar-refractivity contribution in [3.63, 3.8) is 0 Å². The maximum Gasteiger partial charge on any atom is 0.224 e. The molecular weight excluding hydrogens is 302 g/mol. The zero-order chi connectivity index (χ0) is 15.2. The molecule has 2 rings (SSSR count). The number of likely N-dealkylation sites (tertiary alicyclic amines) is 1. The first-order valence-corrected chi connectivity index (χ1v) is 7.41. The number of halogens is 1. The number of benzene rings is 1. The van der Waals surface area contributed by atoms with Crippen molar-refractivity contribution >= 4 is 24.2 Å². The smallest absolute Gasteiger partial charge is 0.224 e. The van der Waals surface area contributed by atoms with Gasteiger partial charge in [-0.1, -0.05) is 30.3 Å². The fourth-order valence-corrected chi connectivity index (χ4v) is 2.64. The number of rotatable bonds is 4. The van der Waals surface area contributed by atoms with Gasteiger partial charge in [0, 0.05) is 26.1 Å². The Morgan fingerprint density at radius 3 is 2.41 bits per heavy atom. The Kier molecular flexibility index (Phi) is 7.35. The summed E-state index contributed by atoms with van der Waals surface area (Å²) >= 11 is 0. The van der Waals surface area contributed by atoms with Crippen LogP contribution in [0.25, 0.3) is 0 Å². The first-order chi connectivity index (χ1) is 10.1. The molecule has 2 amide bonds. The number of nitrogens with zero attached hydrogens (tertiary/aromatic N) is 1. The summed E-state index contributed by atoms with van der Waals surface area (Å²) in [6, 6.07) is 9.53. The predicted octanol–water partition coefficient (Wildman–Crippen LogP) is 1.63. The van der Waals surface area contributed by atoms with E-state index in [-0.39, 0.29) is 36.3 Å². The monoisotopic (exact) mass is 325 g/mol. The van der Waals surface area contributed by atoms with Gasteiger partial charge in [-0.3, -0.25) is 9.59 Å². The highest BCUT2D eigenvalue weighted by Gasteiger charge is 2.24. The van der Waals surface area contributed by atoms with Gasteiger partial charge in [-0.15, -0.1) is 12.4 Å². The topological polar surface area (TPSA) is 75.4 Å². The molecule has 1 aliphatic rings. The minimum absolute atomic E-state index is 0. The summed E-state index contributed by atoms with van der Waals surface area (Å²) in [6.07, 6.45) is 1.99. The first-order valence-electron chi connectivity index (χ1n) is 7.41. The van der Waals surface area contributed by atoms with Crippen LogP contribution in [0.4, 0.5) is 0 Å². The summed E-state index contributed by atoms with van der Waals surface area (Å²) in [5, 5.41) is 2.86. The van der Waals surface area contributed by atoms with Crippen LogP contribution in [0.3, 0.4) is 0 Å². The fourth-order valence-electron chi connectivity index (χ4n) is 2.64. The van der Waals surface area contributed by atoms with Crippen LogP contribution in [0.2, 0.25) is 0 Å². The van der Waals surface area contributed by atoms with Gasteiger partial charge in [0.25, 0.3) is 0 Å². The molecule has 5 nitrogen and oxygen atoms in total. The van der Waals surface area contributed by atoms with Crippen molar-refractivity contribution in [1.29, 1.82) is 0 Å². The average molecular weight is 326 g/mol. The minimum atomic E-state index is -0.271. The number of nitrogens with one attached hydrogen (secondary N) is 1. The molecule has 1 fully saturated rings. The maximum atomic E-state index is 12.4. The van der Waals surface area contributed by atoms with Crippen molar-refractivity contribution in [2.75, 3.05) is 13.1 Å². The molecule has 0 bridgehead atoms. The molecule has 1 aromatic carbocycles. The van der Waals surface area contributed by atoms with E-state index in [1.807, 2.05) is 35.2 Å². The Bertz CT molecular complexity index is 487. The Balaban J connectivity index is 0.00000242. The first kappa shape index (κ1) is 18.5. The van der Waals surface area contributed by atoms with E-state index in [0.29, 0.717) is 19.5 Å². The van der Waals surface area contributed by atoms with Gasteiger partial charge in [0.15, 0.2) is 0 Å². The van der Waals surface area contributed by atoms with Crippen LogP contribution in [0.5, 0.6) is 0 Å². The van der Waals surface area contributed by atoms with E-state index in [1.54, 1.807) is 0 Å². The van der Waals surface area contributed by atoms with E-state index in [0.717, 1.165) is 18.4 Å². The van der Waals surface area contributed by atoms with Gasteiger partial charge in [-0.2, -0.15) is 0 Å². The molecule has 6 heteroatoms. The maximum absolute atomic E-state index is 12.4. The number of amides is 2. The van der Waals surface area contributed by atoms with Gasteiger partial charge in [-0.25, -0.2) is 0 Å². The zero-order valence-corrected chi connectivity index (χ0v) is 13.6. The molecule has 1 aliphatic heterocycles. The highest BCUT2D eigenvalue weighted by Crippen LogP contribution is 2.19. The lowest BCUT2D eigenvalue weighted by atomic mass is 10.0. The zero-order valence-electron chi connectivity index (χ0n) is 12.8. The van der Waals surface area contributed by atoms with Crippen LogP contribution in [0.15, 0.2) is 30.3 Å². The molecule has 1 atom stereocenters. The molecule has 0 radical (unpaired) electrons. The summed E-state index contributed by atoms with van der Waals surface area (Å²) < 4.78 is 0.